The van der Waals surface area contributed by atoms with E-state index in [1.165, 1.54) is 24.1 Å². The van der Waals surface area contributed by atoms with Crippen LogP contribution in [0.4, 0.5) is 0 Å². The van der Waals surface area contributed by atoms with E-state index >= 15 is 0 Å². The highest BCUT2D eigenvalue weighted by molar-refractivity contribution is 9.10. The summed E-state index contributed by atoms with van der Waals surface area (Å²) in [5, 5.41) is 7.94. The SMILES string of the molecule is Brc1cnn(-c2ccc(CN3CCNCC3)cc2)c1C1CC1. The Hall–Kier alpha value is -1.17. The monoisotopic (exact) mass is 360 g/mol. The molecule has 2 heterocycles. The summed E-state index contributed by atoms with van der Waals surface area (Å²) in [4.78, 5) is 2.51. The minimum atomic E-state index is 0.678. The topological polar surface area (TPSA) is 33.1 Å². The third-order valence-corrected chi connectivity index (χ3v) is 5.13. The Morgan fingerprint density at radius 1 is 1.14 bits per heavy atom. The zero-order valence-corrected chi connectivity index (χ0v) is 14.2. The molecular formula is C17H21BrN4. The average Bonchev–Trinajstić information content (AvgIpc) is 3.31. The van der Waals surface area contributed by atoms with Crippen molar-refractivity contribution in [2.75, 3.05) is 26.2 Å². The van der Waals surface area contributed by atoms with Crippen LogP contribution >= 0.6 is 15.9 Å². The van der Waals surface area contributed by atoms with E-state index in [4.69, 9.17) is 0 Å². The Kier molecular flexibility index (Phi) is 4.03. The second kappa shape index (κ2) is 6.14. The predicted molar refractivity (Wildman–Crippen MR) is 91.4 cm³/mol. The minimum Gasteiger partial charge on any atom is -0.314 e. The van der Waals surface area contributed by atoms with Crippen LogP contribution in [-0.4, -0.2) is 40.9 Å². The summed E-state index contributed by atoms with van der Waals surface area (Å²) < 4.78 is 3.23. The highest BCUT2D eigenvalue weighted by atomic mass is 79.9. The molecule has 1 aliphatic heterocycles. The number of hydrogen-bond donors (Lipinski definition) is 1. The molecular weight excluding hydrogens is 340 g/mol. The van der Waals surface area contributed by atoms with Gasteiger partial charge in [0.1, 0.15) is 0 Å². The summed E-state index contributed by atoms with van der Waals surface area (Å²) >= 11 is 3.64. The van der Waals surface area contributed by atoms with Gasteiger partial charge in [-0.1, -0.05) is 12.1 Å². The van der Waals surface area contributed by atoms with E-state index in [9.17, 15) is 0 Å². The Morgan fingerprint density at radius 3 is 2.55 bits per heavy atom. The first-order chi connectivity index (χ1) is 10.8. The Labute approximate surface area is 139 Å². The molecule has 0 bridgehead atoms. The fourth-order valence-electron chi connectivity index (χ4n) is 3.14. The molecule has 0 unspecified atom stereocenters. The average molecular weight is 361 g/mol. The van der Waals surface area contributed by atoms with Crippen LogP contribution in [0.25, 0.3) is 5.69 Å². The summed E-state index contributed by atoms with van der Waals surface area (Å²) in [5.41, 5.74) is 3.87. The summed E-state index contributed by atoms with van der Waals surface area (Å²) in [6.07, 6.45) is 4.49. The third-order valence-electron chi connectivity index (χ3n) is 4.52. The van der Waals surface area contributed by atoms with Gasteiger partial charge in [0.2, 0.25) is 0 Å². The molecule has 4 rings (SSSR count). The lowest BCUT2D eigenvalue weighted by atomic mass is 10.1. The molecule has 2 aliphatic rings. The van der Waals surface area contributed by atoms with E-state index in [-0.39, 0.29) is 0 Å². The van der Waals surface area contributed by atoms with Crippen LogP contribution in [0.15, 0.2) is 34.9 Å². The zero-order chi connectivity index (χ0) is 14.9. The van der Waals surface area contributed by atoms with Crippen LogP contribution < -0.4 is 5.32 Å². The molecule has 0 spiro atoms. The van der Waals surface area contributed by atoms with Crippen molar-refractivity contribution in [3.05, 3.63) is 46.2 Å². The first-order valence-electron chi connectivity index (χ1n) is 8.07. The molecule has 0 amide bonds. The first-order valence-corrected chi connectivity index (χ1v) is 8.86. The summed E-state index contributed by atoms with van der Waals surface area (Å²) in [7, 11) is 0. The molecule has 1 aliphatic carbocycles. The van der Waals surface area contributed by atoms with Gasteiger partial charge in [0.05, 0.1) is 22.1 Å². The van der Waals surface area contributed by atoms with Gasteiger partial charge in [-0.2, -0.15) is 5.10 Å². The van der Waals surface area contributed by atoms with Crippen molar-refractivity contribution in [2.24, 2.45) is 0 Å². The molecule has 2 aromatic rings. The van der Waals surface area contributed by atoms with Crippen LogP contribution in [0.5, 0.6) is 0 Å². The fraction of sp³-hybridized carbons (Fsp3) is 0.471. The minimum absolute atomic E-state index is 0.678. The number of halogens is 1. The summed E-state index contributed by atoms with van der Waals surface area (Å²) in [6.45, 7) is 5.52. The lowest BCUT2D eigenvalue weighted by molar-refractivity contribution is 0.233. The number of nitrogens with one attached hydrogen (secondary N) is 1. The van der Waals surface area contributed by atoms with Gasteiger partial charge in [-0.25, -0.2) is 4.68 Å². The van der Waals surface area contributed by atoms with Gasteiger partial charge in [-0.3, -0.25) is 4.90 Å². The molecule has 0 radical (unpaired) electrons. The largest absolute Gasteiger partial charge is 0.314 e. The van der Waals surface area contributed by atoms with Crippen molar-refractivity contribution >= 4 is 15.9 Å². The van der Waals surface area contributed by atoms with E-state index in [0.717, 1.165) is 42.9 Å². The van der Waals surface area contributed by atoms with E-state index in [1.54, 1.807) is 0 Å². The lowest BCUT2D eigenvalue weighted by Gasteiger charge is -2.27. The molecule has 5 heteroatoms. The van der Waals surface area contributed by atoms with E-state index in [1.807, 2.05) is 6.20 Å². The van der Waals surface area contributed by atoms with Gasteiger partial charge in [0.15, 0.2) is 0 Å². The molecule has 1 aromatic heterocycles. The highest BCUT2D eigenvalue weighted by Gasteiger charge is 2.30. The molecule has 0 atom stereocenters. The van der Waals surface area contributed by atoms with Gasteiger partial charge < -0.3 is 5.32 Å². The van der Waals surface area contributed by atoms with Crippen molar-refractivity contribution in [3.8, 4) is 5.69 Å². The van der Waals surface area contributed by atoms with Crippen LogP contribution in [0, 0.1) is 0 Å². The van der Waals surface area contributed by atoms with Crippen LogP contribution in [0.3, 0.4) is 0 Å². The standard InChI is InChI=1S/C17H21BrN4/c18-16-11-20-22(17(16)14-3-4-14)15-5-1-13(2-6-15)12-21-9-7-19-8-10-21/h1-2,5-6,11,14,19H,3-4,7-10,12H2. The maximum atomic E-state index is 4.54. The number of hydrogen-bond acceptors (Lipinski definition) is 3. The van der Waals surface area contributed by atoms with Crippen LogP contribution in [-0.2, 0) is 6.54 Å². The number of nitrogens with zero attached hydrogens (tertiary/aromatic N) is 3. The molecule has 1 aromatic carbocycles. The van der Waals surface area contributed by atoms with E-state index < -0.39 is 0 Å². The van der Waals surface area contributed by atoms with Gasteiger partial charge in [-0.15, -0.1) is 0 Å². The number of benzene rings is 1. The van der Waals surface area contributed by atoms with Gasteiger partial charge in [0, 0.05) is 38.6 Å². The molecule has 22 heavy (non-hydrogen) atoms. The highest BCUT2D eigenvalue weighted by Crippen LogP contribution is 2.43. The fourth-order valence-corrected chi connectivity index (χ4v) is 3.72. The third kappa shape index (κ3) is 2.98. The van der Waals surface area contributed by atoms with Crippen molar-refractivity contribution in [2.45, 2.75) is 25.3 Å². The second-order valence-electron chi connectivity index (χ2n) is 6.26. The smallest absolute Gasteiger partial charge is 0.0649 e. The summed E-state index contributed by atoms with van der Waals surface area (Å²) in [6, 6.07) is 8.87. The van der Waals surface area contributed by atoms with Crippen LogP contribution in [0.1, 0.15) is 30.0 Å². The molecule has 1 N–H and O–H groups in total. The van der Waals surface area contributed by atoms with Gasteiger partial charge >= 0.3 is 0 Å². The van der Waals surface area contributed by atoms with E-state index in [2.05, 4.69) is 60.2 Å². The maximum Gasteiger partial charge on any atom is 0.0649 e. The summed E-state index contributed by atoms with van der Waals surface area (Å²) in [5.74, 6) is 0.678. The van der Waals surface area contributed by atoms with Crippen molar-refractivity contribution in [1.82, 2.24) is 20.0 Å². The molecule has 1 saturated heterocycles. The molecule has 4 nitrogen and oxygen atoms in total. The van der Waals surface area contributed by atoms with Gasteiger partial charge in [-0.05, 0) is 46.5 Å². The van der Waals surface area contributed by atoms with Crippen molar-refractivity contribution in [1.29, 1.82) is 0 Å². The Bertz CT molecular complexity index is 639. The number of aromatic nitrogens is 2. The quantitative estimate of drug-likeness (QED) is 0.909. The van der Waals surface area contributed by atoms with Gasteiger partial charge in [0.25, 0.3) is 0 Å². The first kappa shape index (κ1) is 14.4. The Morgan fingerprint density at radius 2 is 1.86 bits per heavy atom. The van der Waals surface area contributed by atoms with E-state index in [0.29, 0.717) is 5.92 Å². The molecule has 116 valence electrons. The van der Waals surface area contributed by atoms with Crippen LogP contribution in [0.2, 0.25) is 0 Å². The Balaban J connectivity index is 1.52. The normalized spacial score (nSPS) is 19.5. The second-order valence-corrected chi connectivity index (χ2v) is 7.11. The lowest BCUT2D eigenvalue weighted by Crippen LogP contribution is -2.42. The molecule has 2 fully saturated rings. The van der Waals surface area contributed by atoms with Crippen molar-refractivity contribution < 1.29 is 0 Å². The zero-order valence-electron chi connectivity index (χ0n) is 12.6. The van der Waals surface area contributed by atoms with Crippen molar-refractivity contribution in [3.63, 3.8) is 0 Å². The maximum absolute atomic E-state index is 4.54. The molecule has 1 saturated carbocycles. The number of rotatable bonds is 4. The number of piperazine rings is 1. The predicted octanol–water partition coefficient (Wildman–Crippen LogP) is 2.92.